The van der Waals surface area contributed by atoms with Gasteiger partial charge in [-0.1, -0.05) is 30.3 Å². The van der Waals surface area contributed by atoms with Gasteiger partial charge in [-0.05, 0) is 41.2 Å². The molecule has 0 spiro atoms. The van der Waals surface area contributed by atoms with E-state index in [2.05, 4.69) is 0 Å². The third-order valence-electron chi connectivity index (χ3n) is 5.92. The van der Waals surface area contributed by atoms with Gasteiger partial charge >= 0.3 is 5.97 Å². The molecule has 2 aliphatic heterocycles. The topological polar surface area (TPSA) is 76.1 Å². The lowest BCUT2D eigenvalue weighted by Gasteiger charge is -2.34. The minimum atomic E-state index is -0.945. The number of carbonyl (C=O) groups excluding carboxylic acids is 1. The molecule has 0 bridgehead atoms. The maximum absolute atomic E-state index is 13.2. The molecule has 2 heterocycles. The number of fused-ring (bicyclic) bond motifs is 2. The van der Waals surface area contributed by atoms with Crippen LogP contribution in [0.15, 0.2) is 42.5 Å². The lowest BCUT2D eigenvalue weighted by molar-refractivity contribution is -0.152. The average molecular weight is 379 g/mol. The molecule has 0 radical (unpaired) electrons. The summed E-state index contributed by atoms with van der Waals surface area (Å²) >= 11 is 0. The normalized spacial score (nSPS) is 25.0. The summed E-state index contributed by atoms with van der Waals surface area (Å²) in [4.78, 5) is 26.5. The predicted octanol–water partition coefficient (Wildman–Crippen LogP) is 2.60. The van der Waals surface area contributed by atoms with Crippen LogP contribution in [0.3, 0.4) is 0 Å². The van der Waals surface area contributed by atoms with Gasteiger partial charge in [-0.15, -0.1) is 0 Å². The van der Waals surface area contributed by atoms with Crippen LogP contribution in [0.25, 0.3) is 0 Å². The fourth-order valence-corrected chi connectivity index (χ4v) is 4.32. The fraction of sp³-hybridized carbons (Fsp3) is 0.364. The van der Waals surface area contributed by atoms with E-state index in [4.69, 9.17) is 9.47 Å². The first-order chi connectivity index (χ1) is 13.6. The molecule has 144 valence electrons. The number of carbonyl (C=O) groups is 2. The summed E-state index contributed by atoms with van der Waals surface area (Å²) in [7, 11) is 0. The second-order valence-electron chi connectivity index (χ2n) is 7.64. The third kappa shape index (κ3) is 2.89. The molecule has 0 aromatic heterocycles. The Morgan fingerprint density at radius 3 is 2.54 bits per heavy atom. The van der Waals surface area contributed by atoms with Gasteiger partial charge in [0.25, 0.3) is 0 Å². The number of hydrogen-bond donors (Lipinski definition) is 1. The van der Waals surface area contributed by atoms with E-state index < -0.39 is 12.0 Å². The maximum Gasteiger partial charge on any atom is 0.326 e. The molecule has 1 amide bonds. The van der Waals surface area contributed by atoms with E-state index in [0.29, 0.717) is 26.2 Å². The summed E-state index contributed by atoms with van der Waals surface area (Å²) in [5.74, 6) is 0.375. The van der Waals surface area contributed by atoms with Crippen molar-refractivity contribution in [3.05, 3.63) is 59.2 Å². The van der Waals surface area contributed by atoms with Gasteiger partial charge in [0, 0.05) is 18.9 Å². The fourth-order valence-electron chi connectivity index (χ4n) is 4.32. The van der Waals surface area contributed by atoms with Crippen molar-refractivity contribution in [2.45, 2.75) is 31.3 Å². The van der Waals surface area contributed by atoms with Crippen molar-refractivity contribution < 1.29 is 24.2 Å². The van der Waals surface area contributed by atoms with E-state index in [-0.39, 0.29) is 17.7 Å². The average Bonchev–Trinajstić information content (AvgIpc) is 3.52. The molecule has 2 aromatic carbocycles. The summed E-state index contributed by atoms with van der Waals surface area (Å²) in [6.07, 6.45) is 1.10. The summed E-state index contributed by atoms with van der Waals surface area (Å²) in [5.41, 5.74) is 3.09. The zero-order valence-corrected chi connectivity index (χ0v) is 15.3. The highest BCUT2D eigenvalue weighted by atomic mass is 16.6. The number of carboxylic acid groups (broad SMARTS) is 1. The second-order valence-corrected chi connectivity index (χ2v) is 7.64. The van der Waals surface area contributed by atoms with Crippen molar-refractivity contribution in [3.63, 3.8) is 0 Å². The SMILES string of the molecule is O=C(O)C1Cc2ccccc2CN1C(=O)C1CC1c1ccc2c(c1)OCCO2. The van der Waals surface area contributed by atoms with Gasteiger partial charge in [0.05, 0.1) is 0 Å². The molecule has 3 aliphatic rings. The number of amides is 1. The van der Waals surface area contributed by atoms with Crippen LogP contribution in [0, 0.1) is 5.92 Å². The monoisotopic (exact) mass is 379 g/mol. The van der Waals surface area contributed by atoms with E-state index in [0.717, 1.165) is 34.6 Å². The van der Waals surface area contributed by atoms with E-state index in [9.17, 15) is 14.7 Å². The second kappa shape index (κ2) is 6.55. The Morgan fingerprint density at radius 2 is 1.75 bits per heavy atom. The molecule has 6 nitrogen and oxygen atoms in total. The summed E-state index contributed by atoms with van der Waals surface area (Å²) < 4.78 is 11.2. The molecule has 2 aromatic rings. The number of carboxylic acids is 1. The largest absolute Gasteiger partial charge is 0.486 e. The zero-order chi connectivity index (χ0) is 19.3. The van der Waals surface area contributed by atoms with Gasteiger partial charge in [0.15, 0.2) is 11.5 Å². The Hall–Kier alpha value is -3.02. The van der Waals surface area contributed by atoms with Gasteiger partial charge in [-0.25, -0.2) is 4.79 Å². The molecule has 1 fully saturated rings. The summed E-state index contributed by atoms with van der Waals surface area (Å²) in [6.45, 7) is 1.43. The Balaban J connectivity index is 1.36. The molecule has 28 heavy (non-hydrogen) atoms. The standard InChI is InChI=1S/C22H21NO5/c24-21(23-12-15-4-2-1-3-13(15)9-18(23)22(25)26)17-11-16(17)14-5-6-19-20(10-14)28-8-7-27-19/h1-6,10,16-18H,7-9,11-12H2,(H,25,26). The van der Waals surface area contributed by atoms with Gasteiger partial charge in [0.1, 0.15) is 19.3 Å². The highest BCUT2D eigenvalue weighted by Crippen LogP contribution is 2.50. The van der Waals surface area contributed by atoms with E-state index in [1.165, 1.54) is 0 Å². The van der Waals surface area contributed by atoms with Crippen molar-refractivity contribution >= 4 is 11.9 Å². The number of rotatable bonds is 3. The van der Waals surface area contributed by atoms with Crippen LogP contribution < -0.4 is 9.47 Å². The minimum absolute atomic E-state index is 0.0678. The Morgan fingerprint density at radius 1 is 1.00 bits per heavy atom. The van der Waals surface area contributed by atoms with E-state index in [1.807, 2.05) is 42.5 Å². The molecule has 5 rings (SSSR count). The molecule has 1 aliphatic carbocycles. The van der Waals surface area contributed by atoms with E-state index in [1.54, 1.807) is 4.90 Å². The Kier molecular flexibility index (Phi) is 4.00. The summed E-state index contributed by atoms with van der Waals surface area (Å²) in [6, 6.07) is 12.8. The minimum Gasteiger partial charge on any atom is -0.486 e. The molecular weight excluding hydrogens is 358 g/mol. The molecule has 6 heteroatoms. The van der Waals surface area contributed by atoms with Crippen LogP contribution in [-0.4, -0.2) is 41.1 Å². The first-order valence-electron chi connectivity index (χ1n) is 9.61. The highest BCUT2D eigenvalue weighted by molar-refractivity contribution is 5.88. The lowest BCUT2D eigenvalue weighted by atomic mass is 9.93. The smallest absolute Gasteiger partial charge is 0.326 e. The van der Waals surface area contributed by atoms with Crippen molar-refractivity contribution in [1.29, 1.82) is 0 Å². The van der Waals surface area contributed by atoms with Gasteiger partial charge in [0.2, 0.25) is 5.91 Å². The lowest BCUT2D eigenvalue weighted by Crippen LogP contribution is -2.49. The molecular formula is C22H21NO5. The predicted molar refractivity (Wildman–Crippen MR) is 100 cm³/mol. The van der Waals surface area contributed by atoms with Crippen LogP contribution in [0.4, 0.5) is 0 Å². The number of hydrogen-bond acceptors (Lipinski definition) is 4. The van der Waals surface area contributed by atoms with E-state index >= 15 is 0 Å². The van der Waals surface area contributed by atoms with Crippen LogP contribution >= 0.6 is 0 Å². The molecule has 3 unspecified atom stereocenters. The van der Waals surface area contributed by atoms with Crippen LogP contribution in [0.5, 0.6) is 11.5 Å². The number of nitrogens with zero attached hydrogens (tertiary/aromatic N) is 1. The summed E-state index contributed by atoms with van der Waals surface area (Å²) in [5, 5.41) is 9.68. The van der Waals surface area contributed by atoms with Gasteiger partial charge in [-0.3, -0.25) is 4.79 Å². The molecule has 3 atom stereocenters. The van der Waals surface area contributed by atoms with Gasteiger partial charge < -0.3 is 19.5 Å². The highest BCUT2D eigenvalue weighted by Gasteiger charge is 2.48. The number of benzene rings is 2. The van der Waals surface area contributed by atoms with Crippen molar-refractivity contribution in [2.75, 3.05) is 13.2 Å². The molecule has 0 saturated heterocycles. The first-order valence-corrected chi connectivity index (χ1v) is 9.61. The van der Waals surface area contributed by atoms with Crippen LogP contribution in [0.2, 0.25) is 0 Å². The molecule has 1 N–H and O–H groups in total. The van der Waals surface area contributed by atoms with Gasteiger partial charge in [-0.2, -0.15) is 0 Å². The third-order valence-corrected chi connectivity index (χ3v) is 5.92. The Labute approximate surface area is 162 Å². The van der Waals surface area contributed by atoms with Crippen molar-refractivity contribution in [2.24, 2.45) is 5.92 Å². The van der Waals surface area contributed by atoms with Crippen molar-refractivity contribution in [1.82, 2.24) is 4.90 Å². The van der Waals surface area contributed by atoms with Crippen LogP contribution in [-0.2, 0) is 22.6 Å². The van der Waals surface area contributed by atoms with Crippen molar-refractivity contribution in [3.8, 4) is 11.5 Å². The van der Waals surface area contributed by atoms with Crippen LogP contribution in [0.1, 0.15) is 29.0 Å². The first kappa shape index (κ1) is 17.1. The molecule has 1 saturated carbocycles. The number of aliphatic carboxylic acids is 1. The quantitative estimate of drug-likeness (QED) is 0.887. The maximum atomic E-state index is 13.2. The zero-order valence-electron chi connectivity index (χ0n) is 15.3. The Bertz CT molecular complexity index is 956. The number of ether oxygens (including phenoxy) is 2.